The van der Waals surface area contributed by atoms with E-state index in [1.807, 2.05) is 72.8 Å². The summed E-state index contributed by atoms with van der Waals surface area (Å²) in [5.41, 5.74) is 1.72. The van der Waals surface area contributed by atoms with Gasteiger partial charge in [0.05, 0.1) is 6.42 Å². The van der Waals surface area contributed by atoms with Crippen molar-refractivity contribution in [2.24, 2.45) is 5.92 Å². The first-order valence-corrected chi connectivity index (χ1v) is 11.4. The van der Waals surface area contributed by atoms with Crippen molar-refractivity contribution in [1.29, 1.82) is 0 Å². The molecule has 35 heavy (non-hydrogen) atoms. The van der Waals surface area contributed by atoms with Gasteiger partial charge < -0.3 is 15.4 Å². The van der Waals surface area contributed by atoms with Gasteiger partial charge in [0.1, 0.15) is 6.04 Å². The van der Waals surface area contributed by atoms with E-state index in [1.54, 1.807) is 13.8 Å². The summed E-state index contributed by atoms with van der Waals surface area (Å²) < 4.78 is 5.07. The van der Waals surface area contributed by atoms with Crippen LogP contribution in [0.15, 0.2) is 72.8 Å². The van der Waals surface area contributed by atoms with Gasteiger partial charge in [-0.25, -0.2) is 9.59 Å². The van der Waals surface area contributed by atoms with Crippen molar-refractivity contribution in [3.8, 4) is 0 Å². The Labute approximate surface area is 204 Å². The van der Waals surface area contributed by atoms with E-state index in [2.05, 4.69) is 16.0 Å². The Morgan fingerprint density at radius 1 is 0.829 bits per heavy atom. The zero-order valence-corrected chi connectivity index (χ0v) is 19.7. The summed E-state index contributed by atoms with van der Waals surface area (Å²) in [7, 11) is 0. The number of urea groups is 1. The summed E-state index contributed by atoms with van der Waals surface area (Å²) in [4.78, 5) is 49.2. The molecule has 8 nitrogen and oxygen atoms in total. The summed E-state index contributed by atoms with van der Waals surface area (Å²) >= 11 is 0. The van der Waals surface area contributed by atoms with Crippen molar-refractivity contribution < 1.29 is 23.9 Å². The number of carbonyl (C=O) groups is 4. The van der Waals surface area contributed by atoms with E-state index in [1.165, 1.54) is 0 Å². The first-order chi connectivity index (χ1) is 16.8. The van der Waals surface area contributed by atoms with Crippen molar-refractivity contribution in [3.05, 3.63) is 83.9 Å². The average Bonchev–Trinajstić information content (AvgIpc) is 2.85. The van der Waals surface area contributed by atoms with Crippen LogP contribution in [0.25, 0.3) is 10.8 Å². The molecule has 3 aromatic carbocycles. The maximum atomic E-state index is 12.7. The highest BCUT2D eigenvalue weighted by atomic mass is 16.5. The summed E-state index contributed by atoms with van der Waals surface area (Å²) in [5.74, 6) is -2.11. The molecule has 0 radical (unpaired) electrons. The molecule has 0 fully saturated rings. The molecule has 0 aliphatic heterocycles. The second kappa shape index (κ2) is 12.3. The van der Waals surface area contributed by atoms with Gasteiger partial charge in [0, 0.05) is 6.54 Å². The van der Waals surface area contributed by atoms with Gasteiger partial charge in [0.15, 0.2) is 6.61 Å². The zero-order valence-electron chi connectivity index (χ0n) is 19.7. The van der Waals surface area contributed by atoms with Gasteiger partial charge in [0.2, 0.25) is 5.91 Å². The van der Waals surface area contributed by atoms with Gasteiger partial charge in [-0.1, -0.05) is 86.6 Å². The van der Waals surface area contributed by atoms with Crippen molar-refractivity contribution in [1.82, 2.24) is 16.0 Å². The van der Waals surface area contributed by atoms with E-state index >= 15 is 0 Å². The number of hydrogen-bond acceptors (Lipinski definition) is 5. The second-order valence-corrected chi connectivity index (χ2v) is 8.43. The summed E-state index contributed by atoms with van der Waals surface area (Å²) in [6.45, 7) is 3.14. The fourth-order valence-corrected chi connectivity index (χ4v) is 3.55. The molecule has 8 heteroatoms. The molecule has 0 unspecified atom stereocenters. The Bertz CT molecular complexity index is 1190. The molecule has 0 heterocycles. The Hall–Kier alpha value is -4.20. The number of carbonyl (C=O) groups excluding carboxylic acids is 4. The lowest BCUT2D eigenvalue weighted by Gasteiger charge is -2.21. The molecule has 4 amide bonds. The minimum absolute atomic E-state index is 0.0971. The number of rotatable bonds is 9. The number of ether oxygens (including phenoxy) is 1. The number of amides is 4. The molecule has 0 saturated carbocycles. The number of imide groups is 1. The maximum Gasteiger partial charge on any atom is 0.329 e. The molecule has 0 aromatic heterocycles. The van der Waals surface area contributed by atoms with Crippen LogP contribution in [0.2, 0.25) is 0 Å². The molecular formula is C27H29N3O5. The Morgan fingerprint density at radius 2 is 1.51 bits per heavy atom. The van der Waals surface area contributed by atoms with E-state index in [0.29, 0.717) is 0 Å². The molecule has 0 spiro atoms. The standard InChI is InChI=1S/C27H29N3O5/c1-18(2)25(29-23(31)15-21-13-8-12-20-11-6-7-14-22(20)21)26(33)35-17-24(32)30-27(34)28-16-19-9-4-3-5-10-19/h3-14,18,25H,15-17H2,1-2H3,(H,29,31)(H2,28,30,32,34)/t25-/m1/s1. The predicted octanol–water partition coefficient (Wildman–Crippen LogP) is 3.09. The van der Waals surface area contributed by atoms with Crippen molar-refractivity contribution in [2.75, 3.05) is 6.61 Å². The molecule has 1 atom stereocenters. The number of esters is 1. The van der Waals surface area contributed by atoms with Crippen molar-refractivity contribution >= 4 is 34.6 Å². The van der Waals surface area contributed by atoms with Gasteiger partial charge >= 0.3 is 12.0 Å². The third-order valence-electron chi connectivity index (χ3n) is 5.36. The molecule has 182 valence electrons. The third kappa shape index (κ3) is 7.67. The van der Waals surface area contributed by atoms with Crippen LogP contribution in [-0.2, 0) is 32.1 Å². The topological polar surface area (TPSA) is 114 Å². The normalized spacial score (nSPS) is 11.5. The van der Waals surface area contributed by atoms with Crippen LogP contribution in [0.1, 0.15) is 25.0 Å². The summed E-state index contributed by atoms with van der Waals surface area (Å²) in [6.07, 6.45) is 0.0971. The molecule has 0 aliphatic rings. The van der Waals surface area contributed by atoms with Gasteiger partial charge in [-0.15, -0.1) is 0 Å². The third-order valence-corrected chi connectivity index (χ3v) is 5.36. The Kier molecular flexibility index (Phi) is 8.95. The van der Waals surface area contributed by atoms with Gasteiger partial charge in [-0.2, -0.15) is 0 Å². The first-order valence-electron chi connectivity index (χ1n) is 11.4. The van der Waals surface area contributed by atoms with Crippen LogP contribution in [-0.4, -0.2) is 36.5 Å². The molecule has 3 rings (SSSR count). The number of benzene rings is 3. The monoisotopic (exact) mass is 475 g/mol. The SMILES string of the molecule is CC(C)[C@@H](NC(=O)Cc1cccc2ccccc12)C(=O)OCC(=O)NC(=O)NCc1ccccc1. The van der Waals surface area contributed by atoms with Crippen LogP contribution < -0.4 is 16.0 Å². The van der Waals surface area contributed by atoms with Crippen molar-refractivity contribution in [2.45, 2.75) is 32.9 Å². The summed E-state index contributed by atoms with van der Waals surface area (Å²) in [6, 6.07) is 21.1. The minimum atomic E-state index is -0.933. The minimum Gasteiger partial charge on any atom is -0.454 e. The Morgan fingerprint density at radius 3 is 2.26 bits per heavy atom. The number of fused-ring (bicyclic) bond motifs is 1. The lowest BCUT2D eigenvalue weighted by atomic mass is 10.0. The quantitative estimate of drug-likeness (QED) is 0.412. The largest absolute Gasteiger partial charge is 0.454 e. The average molecular weight is 476 g/mol. The highest BCUT2D eigenvalue weighted by Crippen LogP contribution is 2.19. The lowest BCUT2D eigenvalue weighted by molar-refractivity contribution is -0.152. The smallest absolute Gasteiger partial charge is 0.329 e. The molecule has 0 bridgehead atoms. The molecule has 3 N–H and O–H groups in total. The second-order valence-electron chi connectivity index (χ2n) is 8.43. The van der Waals surface area contributed by atoms with Gasteiger partial charge in [-0.05, 0) is 27.8 Å². The molecule has 3 aromatic rings. The van der Waals surface area contributed by atoms with E-state index in [9.17, 15) is 19.2 Å². The number of hydrogen-bond donors (Lipinski definition) is 3. The molecule has 0 saturated heterocycles. The van der Waals surface area contributed by atoms with Crippen LogP contribution in [0, 0.1) is 5.92 Å². The molecular weight excluding hydrogens is 446 g/mol. The first kappa shape index (κ1) is 25.4. The highest BCUT2D eigenvalue weighted by Gasteiger charge is 2.26. The zero-order chi connectivity index (χ0) is 25.2. The summed E-state index contributed by atoms with van der Waals surface area (Å²) in [5, 5.41) is 9.36. The van der Waals surface area contributed by atoms with E-state index < -0.39 is 30.6 Å². The van der Waals surface area contributed by atoms with Crippen molar-refractivity contribution in [3.63, 3.8) is 0 Å². The van der Waals surface area contributed by atoms with E-state index in [-0.39, 0.29) is 24.8 Å². The Balaban J connectivity index is 1.48. The van der Waals surface area contributed by atoms with Gasteiger partial charge in [0.25, 0.3) is 5.91 Å². The highest BCUT2D eigenvalue weighted by molar-refractivity contribution is 5.96. The van der Waals surface area contributed by atoms with E-state index in [0.717, 1.165) is 21.9 Å². The predicted molar refractivity (Wildman–Crippen MR) is 132 cm³/mol. The fraction of sp³-hybridized carbons (Fsp3) is 0.259. The molecule has 0 aliphatic carbocycles. The van der Waals surface area contributed by atoms with Gasteiger partial charge in [-0.3, -0.25) is 14.9 Å². The van der Waals surface area contributed by atoms with Crippen LogP contribution in [0.3, 0.4) is 0 Å². The van der Waals surface area contributed by atoms with Crippen LogP contribution >= 0.6 is 0 Å². The van der Waals surface area contributed by atoms with Crippen LogP contribution in [0.4, 0.5) is 4.79 Å². The van der Waals surface area contributed by atoms with Crippen LogP contribution in [0.5, 0.6) is 0 Å². The fourth-order valence-electron chi connectivity index (χ4n) is 3.55. The van der Waals surface area contributed by atoms with E-state index in [4.69, 9.17) is 4.74 Å². The number of nitrogens with one attached hydrogen (secondary N) is 3. The maximum absolute atomic E-state index is 12.7. The lowest BCUT2D eigenvalue weighted by Crippen LogP contribution is -2.47.